The van der Waals surface area contributed by atoms with Crippen LogP contribution in [-0.4, -0.2) is 11.0 Å². The summed E-state index contributed by atoms with van der Waals surface area (Å²) in [7, 11) is 0. The largest absolute Gasteiger partial charge is 0.367 e. The summed E-state index contributed by atoms with van der Waals surface area (Å²) in [6.07, 6.45) is 0. The third-order valence-electron chi connectivity index (χ3n) is 2.65. The van der Waals surface area contributed by atoms with Crippen LogP contribution in [0.25, 0.3) is 11.3 Å². The Labute approximate surface area is 115 Å². The van der Waals surface area contributed by atoms with Gasteiger partial charge in [-0.1, -0.05) is 0 Å². The number of anilines is 1. The highest BCUT2D eigenvalue weighted by atomic mass is 19.1. The van der Waals surface area contributed by atoms with Gasteiger partial charge < -0.3 is 5.32 Å². The van der Waals surface area contributed by atoms with Gasteiger partial charge in [-0.15, -0.1) is 0 Å². The lowest BCUT2D eigenvalue weighted by Crippen LogP contribution is -2.12. The molecule has 2 aromatic rings. The van der Waals surface area contributed by atoms with Crippen molar-refractivity contribution in [1.82, 2.24) is 4.98 Å². The molecule has 0 unspecified atom stereocenters. The summed E-state index contributed by atoms with van der Waals surface area (Å²) in [5.41, 5.74) is 0.713. The quantitative estimate of drug-likeness (QED) is 0.927. The van der Waals surface area contributed by atoms with Gasteiger partial charge in [0.1, 0.15) is 23.5 Å². The molecule has 0 aliphatic carbocycles. The van der Waals surface area contributed by atoms with E-state index in [0.29, 0.717) is 11.4 Å². The van der Waals surface area contributed by atoms with Crippen LogP contribution in [0.5, 0.6) is 0 Å². The zero-order chi connectivity index (χ0) is 14.7. The Morgan fingerprint density at radius 2 is 1.95 bits per heavy atom. The molecule has 0 atom stereocenters. The molecule has 3 nitrogen and oxygen atoms in total. The van der Waals surface area contributed by atoms with Gasteiger partial charge in [0, 0.05) is 11.6 Å². The second-order valence-electron chi connectivity index (χ2n) is 4.63. The molecule has 5 heteroatoms. The molecule has 0 saturated heterocycles. The van der Waals surface area contributed by atoms with E-state index in [1.54, 1.807) is 0 Å². The van der Waals surface area contributed by atoms with Crippen molar-refractivity contribution in [2.45, 2.75) is 19.9 Å². The SMILES string of the molecule is CC(C)Nc1nc(-c2cc(F)ccc2F)ccc1C#N. The summed E-state index contributed by atoms with van der Waals surface area (Å²) in [5.74, 6) is -0.728. The van der Waals surface area contributed by atoms with Crippen molar-refractivity contribution < 1.29 is 8.78 Å². The van der Waals surface area contributed by atoms with E-state index in [1.807, 2.05) is 19.9 Å². The number of nitrogens with one attached hydrogen (secondary N) is 1. The Kier molecular flexibility index (Phi) is 3.94. The minimum absolute atomic E-state index is 0.0706. The van der Waals surface area contributed by atoms with E-state index in [-0.39, 0.29) is 17.3 Å². The highest BCUT2D eigenvalue weighted by Crippen LogP contribution is 2.25. The summed E-state index contributed by atoms with van der Waals surface area (Å²) >= 11 is 0. The van der Waals surface area contributed by atoms with E-state index < -0.39 is 11.6 Å². The normalized spacial score (nSPS) is 10.4. The molecule has 0 bridgehead atoms. The maximum Gasteiger partial charge on any atom is 0.144 e. The Bertz CT molecular complexity index is 675. The van der Waals surface area contributed by atoms with E-state index in [2.05, 4.69) is 10.3 Å². The van der Waals surface area contributed by atoms with Crippen molar-refractivity contribution in [3.63, 3.8) is 0 Å². The third-order valence-corrected chi connectivity index (χ3v) is 2.65. The number of hydrogen-bond donors (Lipinski definition) is 1. The number of hydrogen-bond acceptors (Lipinski definition) is 3. The monoisotopic (exact) mass is 273 g/mol. The smallest absolute Gasteiger partial charge is 0.144 e. The van der Waals surface area contributed by atoms with Gasteiger partial charge in [-0.2, -0.15) is 5.26 Å². The molecule has 102 valence electrons. The minimum atomic E-state index is -0.556. The number of halogens is 2. The molecular formula is C15H13F2N3. The first-order chi connectivity index (χ1) is 9.51. The first-order valence-corrected chi connectivity index (χ1v) is 6.14. The zero-order valence-corrected chi connectivity index (χ0v) is 11.1. The number of benzene rings is 1. The van der Waals surface area contributed by atoms with Gasteiger partial charge in [0.15, 0.2) is 0 Å². The molecule has 2 rings (SSSR count). The fraction of sp³-hybridized carbons (Fsp3) is 0.200. The lowest BCUT2D eigenvalue weighted by atomic mass is 10.1. The highest BCUT2D eigenvalue weighted by molar-refractivity contribution is 5.65. The molecule has 0 fully saturated rings. The van der Waals surface area contributed by atoms with Gasteiger partial charge in [-0.25, -0.2) is 13.8 Å². The topological polar surface area (TPSA) is 48.7 Å². The van der Waals surface area contributed by atoms with Gasteiger partial charge in [0.25, 0.3) is 0 Å². The Balaban J connectivity index is 2.53. The van der Waals surface area contributed by atoms with Gasteiger partial charge in [-0.3, -0.25) is 0 Å². The van der Waals surface area contributed by atoms with Crippen LogP contribution in [0.3, 0.4) is 0 Å². The van der Waals surface area contributed by atoms with Crippen LogP contribution in [0.2, 0.25) is 0 Å². The highest BCUT2D eigenvalue weighted by Gasteiger charge is 2.12. The molecule has 0 saturated carbocycles. The van der Waals surface area contributed by atoms with E-state index >= 15 is 0 Å². The predicted molar refractivity (Wildman–Crippen MR) is 73.1 cm³/mol. The lowest BCUT2D eigenvalue weighted by molar-refractivity contribution is 0.602. The first-order valence-electron chi connectivity index (χ1n) is 6.14. The molecule has 1 aromatic carbocycles. The van der Waals surface area contributed by atoms with Crippen LogP contribution >= 0.6 is 0 Å². The molecule has 1 N–H and O–H groups in total. The minimum Gasteiger partial charge on any atom is -0.367 e. The lowest BCUT2D eigenvalue weighted by Gasteiger charge is -2.12. The molecule has 0 spiro atoms. The zero-order valence-electron chi connectivity index (χ0n) is 11.1. The number of pyridine rings is 1. The maximum atomic E-state index is 13.7. The molecule has 0 aliphatic rings. The Hall–Kier alpha value is -2.48. The van der Waals surface area contributed by atoms with Crippen LogP contribution in [0.4, 0.5) is 14.6 Å². The van der Waals surface area contributed by atoms with Gasteiger partial charge in [0.2, 0.25) is 0 Å². The number of rotatable bonds is 3. The van der Waals surface area contributed by atoms with Crippen molar-refractivity contribution in [1.29, 1.82) is 5.26 Å². The summed E-state index contributed by atoms with van der Waals surface area (Å²) in [6, 6.07) is 8.32. The van der Waals surface area contributed by atoms with Crippen LogP contribution in [0.15, 0.2) is 30.3 Å². The van der Waals surface area contributed by atoms with Crippen LogP contribution in [0.1, 0.15) is 19.4 Å². The summed E-state index contributed by atoms with van der Waals surface area (Å²) in [6.45, 7) is 3.80. The van der Waals surface area contributed by atoms with Gasteiger partial charge >= 0.3 is 0 Å². The summed E-state index contributed by atoms with van der Waals surface area (Å²) in [4.78, 5) is 4.22. The Morgan fingerprint density at radius 3 is 2.60 bits per heavy atom. The third kappa shape index (κ3) is 2.91. The van der Waals surface area contributed by atoms with E-state index in [9.17, 15) is 8.78 Å². The molecular weight excluding hydrogens is 260 g/mol. The van der Waals surface area contributed by atoms with Crippen molar-refractivity contribution in [3.05, 3.63) is 47.5 Å². The van der Waals surface area contributed by atoms with Crippen LogP contribution in [0, 0.1) is 23.0 Å². The van der Waals surface area contributed by atoms with Crippen molar-refractivity contribution in [2.75, 3.05) is 5.32 Å². The molecule has 0 amide bonds. The van der Waals surface area contributed by atoms with E-state index in [0.717, 1.165) is 18.2 Å². The van der Waals surface area contributed by atoms with Crippen molar-refractivity contribution in [3.8, 4) is 17.3 Å². The van der Waals surface area contributed by atoms with Crippen LogP contribution < -0.4 is 5.32 Å². The van der Waals surface area contributed by atoms with Crippen LogP contribution in [-0.2, 0) is 0 Å². The summed E-state index contributed by atoms with van der Waals surface area (Å²) < 4.78 is 27.0. The van der Waals surface area contributed by atoms with Gasteiger partial charge in [0.05, 0.1) is 11.3 Å². The van der Waals surface area contributed by atoms with Crippen molar-refractivity contribution in [2.24, 2.45) is 0 Å². The van der Waals surface area contributed by atoms with E-state index in [1.165, 1.54) is 12.1 Å². The number of aromatic nitrogens is 1. The van der Waals surface area contributed by atoms with E-state index in [4.69, 9.17) is 5.26 Å². The second-order valence-corrected chi connectivity index (χ2v) is 4.63. The standard InChI is InChI=1S/C15H13F2N3/c1-9(2)19-15-10(8-18)3-6-14(20-15)12-7-11(16)4-5-13(12)17/h3-7,9H,1-2H3,(H,19,20). The fourth-order valence-electron chi connectivity index (χ4n) is 1.78. The average Bonchev–Trinajstić information content (AvgIpc) is 2.41. The predicted octanol–water partition coefficient (Wildman–Crippen LogP) is 3.72. The number of nitriles is 1. The molecule has 1 aromatic heterocycles. The van der Waals surface area contributed by atoms with Gasteiger partial charge in [-0.05, 0) is 44.2 Å². The molecule has 0 aliphatic heterocycles. The fourth-order valence-corrected chi connectivity index (χ4v) is 1.78. The molecule has 20 heavy (non-hydrogen) atoms. The first kappa shape index (κ1) is 13.9. The van der Waals surface area contributed by atoms with Crippen molar-refractivity contribution >= 4 is 5.82 Å². The molecule has 0 radical (unpaired) electrons. The molecule has 1 heterocycles. The average molecular weight is 273 g/mol. The summed E-state index contributed by atoms with van der Waals surface area (Å²) in [5, 5.41) is 12.0. The second kappa shape index (κ2) is 5.66. The Morgan fingerprint density at radius 1 is 1.20 bits per heavy atom. The number of nitrogens with zero attached hydrogens (tertiary/aromatic N) is 2. The maximum absolute atomic E-state index is 13.7.